The van der Waals surface area contributed by atoms with Crippen molar-refractivity contribution in [3.63, 3.8) is 0 Å². The second-order valence-electron chi connectivity index (χ2n) is 5.93. The maximum absolute atomic E-state index is 5.39. The Balaban J connectivity index is 1.73. The van der Waals surface area contributed by atoms with Crippen LogP contribution < -0.4 is 10.1 Å². The van der Waals surface area contributed by atoms with Gasteiger partial charge in [0.05, 0.1) is 20.3 Å². The fourth-order valence-corrected chi connectivity index (χ4v) is 2.88. The predicted octanol–water partition coefficient (Wildman–Crippen LogP) is 1.94. The first-order valence-corrected chi connectivity index (χ1v) is 7.86. The molecule has 0 radical (unpaired) electrons. The maximum Gasteiger partial charge on any atom is 0.118 e. The third-order valence-electron chi connectivity index (χ3n) is 3.91. The van der Waals surface area contributed by atoms with Gasteiger partial charge in [0.25, 0.3) is 0 Å². The number of benzene rings is 1. The molecule has 0 saturated carbocycles. The van der Waals surface area contributed by atoms with Crippen LogP contribution >= 0.6 is 0 Å². The summed E-state index contributed by atoms with van der Waals surface area (Å²) in [4.78, 5) is 2.47. The summed E-state index contributed by atoms with van der Waals surface area (Å²) in [7, 11) is 1.70. The molecule has 1 aromatic carbocycles. The van der Waals surface area contributed by atoms with Gasteiger partial charge in [0.1, 0.15) is 5.75 Å². The van der Waals surface area contributed by atoms with Crippen LogP contribution in [0.1, 0.15) is 19.4 Å². The summed E-state index contributed by atoms with van der Waals surface area (Å²) < 4.78 is 10.6. The highest BCUT2D eigenvalue weighted by atomic mass is 16.5. The standard InChI is InChI=1S/C17H28N2O2/c1-14(12-16-4-6-17(20-3)7-5-16)18-15(2)13-19-8-10-21-11-9-19/h4-7,14-15,18H,8-13H2,1-3H3. The van der Waals surface area contributed by atoms with Crippen molar-refractivity contribution in [3.8, 4) is 5.75 Å². The molecule has 0 aliphatic carbocycles. The van der Waals surface area contributed by atoms with Gasteiger partial charge in [-0.05, 0) is 38.0 Å². The lowest BCUT2D eigenvalue weighted by molar-refractivity contribution is 0.0339. The van der Waals surface area contributed by atoms with Crippen LogP contribution in [0.5, 0.6) is 5.75 Å². The topological polar surface area (TPSA) is 33.7 Å². The van der Waals surface area contributed by atoms with Gasteiger partial charge in [-0.3, -0.25) is 4.90 Å². The molecule has 4 nitrogen and oxygen atoms in total. The Hall–Kier alpha value is -1.10. The molecule has 0 amide bonds. The van der Waals surface area contributed by atoms with Crippen molar-refractivity contribution in [2.24, 2.45) is 0 Å². The number of rotatable bonds is 7. The van der Waals surface area contributed by atoms with Crippen molar-refractivity contribution in [1.82, 2.24) is 10.2 Å². The molecule has 2 unspecified atom stereocenters. The van der Waals surface area contributed by atoms with E-state index >= 15 is 0 Å². The Bertz CT molecular complexity index is 402. The lowest BCUT2D eigenvalue weighted by atomic mass is 10.1. The zero-order chi connectivity index (χ0) is 15.1. The summed E-state index contributed by atoms with van der Waals surface area (Å²) in [6, 6.07) is 9.30. The second-order valence-corrected chi connectivity index (χ2v) is 5.93. The Morgan fingerprint density at radius 1 is 1.14 bits per heavy atom. The van der Waals surface area contributed by atoms with Crippen molar-refractivity contribution < 1.29 is 9.47 Å². The van der Waals surface area contributed by atoms with E-state index in [1.165, 1.54) is 5.56 Å². The molecule has 0 aromatic heterocycles. The molecule has 1 aliphatic heterocycles. The third kappa shape index (κ3) is 5.65. The largest absolute Gasteiger partial charge is 0.497 e. The Kier molecular flexibility index (Phi) is 6.49. The van der Waals surface area contributed by atoms with Crippen LogP contribution in [0.3, 0.4) is 0 Å². The van der Waals surface area contributed by atoms with Gasteiger partial charge < -0.3 is 14.8 Å². The van der Waals surface area contributed by atoms with Gasteiger partial charge in [-0.25, -0.2) is 0 Å². The Morgan fingerprint density at radius 2 is 1.81 bits per heavy atom. The van der Waals surface area contributed by atoms with Crippen LogP contribution in [-0.4, -0.2) is 56.9 Å². The molecule has 1 aliphatic rings. The van der Waals surface area contributed by atoms with E-state index in [0.29, 0.717) is 12.1 Å². The highest BCUT2D eigenvalue weighted by Gasteiger charge is 2.15. The normalized spacial score (nSPS) is 19.2. The monoisotopic (exact) mass is 292 g/mol. The van der Waals surface area contributed by atoms with E-state index < -0.39 is 0 Å². The number of nitrogens with one attached hydrogen (secondary N) is 1. The van der Waals surface area contributed by atoms with E-state index in [2.05, 4.69) is 36.2 Å². The molecule has 2 atom stereocenters. The van der Waals surface area contributed by atoms with E-state index in [0.717, 1.165) is 45.0 Å². The molecular formula is C17H28N2O2. The molecular weight excluding hydrogens is 264 g/mol. The summed E-state index contributed by atoms with van der Waals surface area (Å²) in [5.74, 6) is 0.917. The molecule has 21 heavy (non-hydrogen) atoms. The van der Waals surface area contributed by atoms with Crippen molar-refractivity contribution in [2.75, 3.05) is 40.0 Å². The van der Waals surface area contributed by atoms with E-state index in [4.69, 9.17) is 9.47 Å². The Morgan fingerprint density at radius 3 is 2.43 bits per heavy atom. The van der Waals surface area contributed by atoms with Crippen molar-refractivity contribution in [1.29, 1.82) is 0 Å². The fraction of sp³-hybridized carbons (Fsp3) is 0.647. The van der Waals surface area contributed by atoms with Crippen LogP contribution in [0.15, 0.2) is 24.3 Å². The van der Waals surface area contributed by atoms with E-state index in [9.17, 15) is 0 Å². The van der Waals surface area contributed by atoms with Crippen LogP contribution in [0.2, 0.25) is 0 Å². The molecule has 1 fully saturated rings. The summed E-state index contributed by atoms with van der Waals surface area (Å²) >= 11 is 0. The third-order valence-corrected chi connectivity index (χ3v) is 3.91. The Labute approximate surface area is 128 Å². The molecule has 2 rings (SSSR count). The zero-order valence-corrected chi connectivity index (χ0v) is 13.5. The van der Waals surface area contributed by atoms with Crippen molar-refractivity contribution in [3.05, 3.63) is 29.8 Å². The first-order chi connectivity index (χ1) is 10.2. The first kappa shape index (κ1) is 16.3. The molecule has 0 bridgehead atoms. The molecule has 1 saturated heterocycles. The highest BCUT2D eigenvalue weighted by molar-refractivity contribution is 5.27. The van der Waals surface area contributed by atoms with Crippen LogP contribution in [0, 0.1) is 0 Å². The number of ether oxygens (including phenoxy) is 2. The molecule has 1 aromatic rings. The van der Waals surface area contributed by atoms with Crippen LogP contribution in [0.4, 0.5) is 0 Å². The molecule has 1 heterocycles. The smallest absolute Gasteiger partial charge is 0.118 e. The van der Waals surface area contributed by atoms with Crippen molar-refractivity contribution in [2.45, 2.75) is 32.4 Å². The molecule has 118 valence electrons. The minimum atomic E-state index is 0.467. The summed E-state index contributed by atoms with van der Waals surface area (Å²) in [6.07, 6.45) is 1.04. The average Bonchev–Trinajstić information content (AvgIpc) is 2.48. The SMILES string of the molecule is COc1ccc(CC(C)NC(C)CN2CCOCC2)cc1. The highest BCUT2D eigenvalue weighted by Crippen LogP contribution is 2.12. The minimum absolute atomic E-state index is 0.467. The average molecular weight is 292 g/mol. The molecule has 0 spiro atoms. The summed E-state index contributed by atoms with van der Waals surface area (Å²) in [5.41, 5.74) is 1.34. The van der Waals surface area contributed by atoms with E-state index in [-0.39, 0.29) is 0 Å². The number of nitrogens with zero attached hydrogens (tertiary/aromatic N) is 1. The second kappa shape index (κ2) is 8.37. The predicted molar refractivity (Wildman–Crippen MR) is 86.0 cm³/mol. The molecule has 4 heteroatoms. The lowest BCUT2D eigenvalue weighted by Crippen LogP contribution is -2.47. The van der Waals surface area contributed by atoms with Gasteiger partial charge >= 0.3 is 0 Å². The van der Waals surface area contributed by atoms with Crippen LogP contribution in [-0.2, 0) is 11.2 Å². The maximum atomic E-state index is 5.39. The number of hydrogen-bond donors (Lipinski definition) is 1. The number of hydrogen-bond acceptors (Lipinski definition) is 4. The fourth-order valence-electron chi connectivity index (χ4n) is 2.88. The van der Waals surface area contributed by atoms with Gasteiger partial charge in [-0.1, -0.05) is 12.1 Å². The van der Waals surface area contributed by atoms with Gasteiger partial charge in [0.2, 0.25) is 0 Å². The first-order valence-electron chi connectivity index (χ1n) is 7.86. The summed E-state index contributed by atoms with van der Waals surface area (Å²) in [5, 5.41) is 3.69. The van der Waals surface area contributed by atoms with Crippen molar-refractivity contribution >= 4 is 0 Å². The minimum Gasteiger partial charge on any atom is -0.497 e. The number of morpholine rings is 1. The van der Waals surface area contributed by atoms with E-state index in [1.807, 2.05) is 12.1 Å². The van der Waals surface area contributed by atoms with Gasteiger partial charge in [0.15, 0.2) is 0 Å². The summed E-state index contributed by atoms with van der Waals surface area (Å²) in [6.45, 7) is 9.45. The number of methoxy groups -OCH3 is 1. The zero-order valence-electron chi connectivity index (χ0n) is 13.5. The quantitative estimate of drug-likeness (QED) is 0.833. The van der Waals surface area contributed by atoms with Crippen LogP contribution in [0.25, 0.3) is 0 Å². The lowest BCUT2D eigenvalue weighted by Gasteiger charge is -2.30. The van der Waals surface area contributed by atoms with Gasteiger partial charge in [0, 0.05) is 31.7 Å². The van der Waals surface area contributed by atoms with Gasteiger partial charge in [-0.15, -0.1) is 0 Å². The van der Waals surface area contributed by atoms with E-state index in [1.54, 1.807) is 7.11 Å². The van der Waals surface area contributed by atoms with Gasteiger partial charge in [-0.2, -0.15) is 0 Å². The molecule has 1 N–H and O–H groups in total.